The van der Waals surface area contributed by atoms with Crippen LogP contribution >= 0.6 is 0 Å². The minimum Gasteiger partial charge on any atom is -0.493 e. The van der Waals surface area contributed by atoms with Gasteiger partial charge in [0.1, 0.15) is 5.75 Å². The molecule has 2 aromatic carbocycles. The van der Waals surface area contributed by atoms with E-state index in [1.54, 1.807) is 12.1 Å². The predicted octanol–water partition coefficient (Wildman–Crippen LogP) is 3.95. The van der Waals surface area contributed by atoms with Crippen LogP contribution in [0.25, 0.3) is 0 Å². The maximum absolute atomic E-state index is 13.4. The first-order valence-electron chi connectivity index (χ1n) is 8.86. The Morgan fingerprint density at radius 1 is 1.14 bits per heavy atom. The summed E-state index contributed by atoms with van der Waals surface area (Å²) in [7, 11) is 0. The molecule has 0 aliphatic heterocycles. The molecule has 0 radical (unpaired) electrons. The summed E-state index contributed by atoms with van der Waals surface area (Å²) in [6.07, 6.45) is -1.18. The molecule has 0 saturated carbocycles. The molecule has 1 atom stereocenters. The zero-order valence-electron chi connectivity index (χ0n) is 16.2. The Kier molecular flexibility index (Phi) is 7.24. The summed E-state index contributed by atoms with van der Waals surface area (Å²) in [4.78, 5) is 34.2. The molecule has 0 aromatic heterocycles. The summed E-state index contributed by atoms with van der Waals surface area (Å²) in [5.41, 5.74) is -0.524. The second-order valence-corrected chi connectivity index (χ2v) is 6.69. The van der Waals surface area contributed by atoms with Gasteiger partial charge >= 0.3 is 11.7 Å². The molecule has 0 aliphatic rings. The first kappa shape index (κ1) is 21.8. The fourth-order valence-corrected chi connectivity index (χ4v) is 2.21. The van der Waals surface area contributed by atoms with Crippen molar-refractivity contribution in [2.75, 3.05) is 11.9 Å². The van der Waals surface area contributed by atoms with E-state index in [1.807, 2.05) is 13.8 Å². The Morgan fingerprint density at radius 3 is 2.38 bits per heavy atom. The number of hydrogen-bond acceptors (Lipinski definition) is 6. The van der Waals surface area contributed by atoms with Gasteiger partial charge in [-0.05, 0) is 49.2 Å². The lowest BCUT2D eigenvalue weighted by molar-refractivity contribution is -0.387. The quantitative estimate of drug-likeness (QED) is 0.405. The number of nitrogens with zero attached hydrogens (tertiary/aromatic N) is 1. The van der Waals surface area contributed by atoms with Crippen LogP contribution < -0.4 is 10.1 Å². The summed E-state index contributed by atoms with van der Waals surface area (Å²) in [5, 5.41) is 13.1. The number of carbonyl (C=O) groups is 2. The van der Waals surface area contributed by atoms with Crippen molar-refractivity contribution < 1.29 is 28.4 Å². The number of carbonyl (C=O) groups excluding carboxylic acids is 2. The highest BCUT2D eigenvalue weighted by atomic mass is 19.1. The van der Waals surface area contributed by atoms with Crippen LogP contribution in [-0.4, -0.2) is 29.5 Å². The lowest BCUT2D eigenvalue weighted by atomic mass is 10.2. The number of anilines is 1. The monoisotopic (exact) mass is 404 g/mol. The van der Waals surface area contributed by atoms with Crippen LogP contribution in [-0.2, 0) is 9.53 Å². The summed E-state index contributed by atoms with van der Waals surface area (Å²) < 4.78 is 24.0. The van der Waals surface area contributed by atoms with Crippen LogP contribution in [0.2, 0.25) is 0 Å². The van der Waals surface area contributed by atoms with Crippen LogP contribution in [0.15, 0.2) is 42.5 Å². The predicted molar refractivity (Wildman–Crippen MR) is 103 cm³/mol. The van der Waals surface area contributed by atoms with E-state index in [2.05, 4.69) is 5.32 Å². The number of esters is 1. The standard InChI is InChI=1S/C20H21FN2O6/c1-12(2)11-28-16-7-4-14(5-8-16)20(25)29-13(3)19(24)22-15-6-9-17(21)18(10-15)23(26)27/h4-10,12-13H,11H2,1-3H3,(H,22,24)/t13-/m0/s1. The highest BCUT2D eigenvalue weighted by Gasteiger charge is 2.21. The molecule has 0 heterocycles. The Morgan fingerprint density at radius 2 is 1.79 bits per heavy atom. The van der Waals surface area contributed by atoms with Crippen molar-refractivity contribution >= 4 is 23.3 Å². The maximum atomic E-state index is 13.4. The first-order valence-corrected chi connectivity index (χ1v) is 8.86. The highest BCUT2D eigenvalue weighted by Crippen LogP contribution is 2.22. The average molecular weight is 404 g/mol. The molecule has 1 N–H and O–H groups in total. The normalized spacial score (nSPS) is 11.6. The molecule has 2 aromatic rings. The molecule has 0 bridgehead atoms. The Balaban J connectivity index is 1.96. The molecule has 0 saturated heterocycles. The molecule has 0 unspecified atom stereocenters. The molecule has 29 heavy (non-hydrogen) atoms. The van der Waals surface area contributed by atoms with E-state index >= 15 is 0 Å². The minimum absolute atomic E-state index is 0.0117. The number of nitro groups is 1. The number of hydrogen-bond donors (Lipinski definition) is 1. The van der Waals surface area contributed by atoms with Gasteiger partial charge in [0.15, 0.2) is 6.10 Å². The molecule has 8 nitrogen and oxygen atoms in total. The number of nitrogens with one attached hydrogen (secondary N) is 1. The lowest BCUT2D eigenvalue weighted by Gasteiger charge is -2.14. The second kappa shape index (κ2) is 9.63. The second-order valence-electron chi connectivity index (χ2n) is 6.69. The fraction of sp³-hybridized carbons (Fsp3) is 0.300. The maximum Gasteiger partial charge on any atom is 0.338 e. The van der Waals surface area contributed by atoms with Gasteiger partial charge in [-0.25, -0.2) is 4.79 Å². The van der Waals surface area contributed by atoms with E-state index in [-0.39, 0.29) is 11.3 Å². The molecule has 0 aliphatic carbocycles. The molecular weight excluding hydrogens is 383 g/mol. The Bertz CT molecular complexity index is 898. The van der Waals surface area contributed by atoms with E-state index in [0.717, 1.165) is 12.1 Å². The zero-order chi connectivity index (χ0) is 21.6. The van der Waals surface area contributed by atoms with Crippen molar-refractivity contribution in [1.29, 1.82) is 0 Å². The molecule has 2 rings (SSSR count). The number of rotatable bonds is 8. The van der Waals surface area contributed by atoms with E-state index in [9.17, 15) is 24.1 Å². The van der Waals surface area contributed by atoms with Gasteiger partial charge in [0.05, 0.1) is 17.1 Å². The van der Waals surface area contributed by atoms with E-state index < -0.39 is 34.4 Å². The molecule has 154 valence electrons. The van der Waals surface area contributed by atoms with Crippen molar-refractivity contribution in [3.05, 3.63) is 64.0 Å². The van der Waals surface area contributed by atoms with E-state index in [4.69, 9.17) is 9.47 Å². The molecular formula is C20H21FN2O6. The van der Waals surface area contributed by atoms with Gasteiger partial charge in [-0.1, -0.05) is 13.8 Å². The average Bonchev–Trinajstić information content (AvgIpc) is 2.67. The van der Waals surface area contributed by atoms with Gasteiger partial charge in [0.2, 0.25) is 5.82 Å². The Labute approximate surface area is 166 Å². The van der Waals surface area contributed by atoms with Crippen LogP contribution in [0.3, 0.4) is 0 Å². The first-order chi connectivity index (χ1) is 13.7. The number of halogens is 1. The lowest BCUT2D eigenvalue weighted by Crippen LogP contribution is -2.30. The third-order valence-corrected chi connectivity index (χ3v) is 3.74. The molecule has 1 amide bonds. The third-order valence-electron chi connectivity index (χ3n) is 3.74. The molecule has 0 fully saturated rings. The summed E-state index contributed by atoms with van der Waals surface area (Å²) in [5.74, 6) is -1.47. The number of benzene rings is 2. The van der Waals surface area contributed by atoms with Crippen LogP contribution in [0.4, 0.5) is 15.8 Å². The van der Waals surface area contributed by atoms with E-state index in [1.165, 1.54) is 25.1 Å². The topological polar surface area (TPSA) is 108 Å². The van der Waals surface area contributed by atoms with Crippen molar-refractivity contribution in [3.8, 4) is 5.75 Å². The summed E-state index contributed by atoms with van der Waals surface area (Å²) in [6, 6.07) is 9.22. The van der Waals surface area contributed by atoms with Crippen LogP contribution in [0.5, 0.6) is 5.75 Å². The van der Waals surface area contributed by atoms with Crippen LogP contribution in [0.1, 0.15) is 31.1 Å². The van der Waals surface area contributed by atoms with Gasteiger partial charge in [-0.3, -0.25) is 14.9 Å². The van der Waals surface area contributed by atoms with Crippen molar-refractivity contribution in [3.63, 3.8) is 0 Å². The summed E-state index contributed by atoms with van der Waals surface area (Å²) >= 11 is 0. The van der Waals surface area contributed by atoms with Crippen LogP contribution in [0, 0.1) is 21.8 Å². The fourth-order valence-electron chi connectivity index (χ4n) is 2.21. The van der Waals surface area contributed by atoms with Crippen molar-refractivity contribution in [1.82, 2.24) is 0 Å². The number of ether oxygens (including phenoxy) is 2. The summed E-state index contributed by atoms with van der Waals surface area (Å²) in [6.45, 7) is 5.93. The van der Waals surface area contributed by atoms with Gasteiger partial charge in [-0.15, -0.1) is 0 Å². The zero-order valence-corrected chi connectivity index (χ0v) is 16.2. The van der Waals surface area contributed by atoms with E-state index in [0.29, 0.717) is 18.3 Å². The van der Waals surface area contributed by atoms with Crippen molar-refractivity contribution in [2.24, 2.45) is 5.92 Å². The Hall–Kier alpha value is -3.49. The number of nitro benzene ring substituents is 1. The van der Waals surface area contributed by atoms with Gasteiger partial charge in [-0.2, -0.15) is 4.39 Å². The van der Waals surface area contributed by atoms with Gasteiger partial charge in [0, 0.05) is 11.8 Å². The van der Waals surface area contributed by atoms with Crippen molar-refractivity contribution in [2.45, 2.75) is 26.9 Å². The molecule has 0 spiro atoms. The number of amides is 1. The minimum atomic E-state index is -1.18. The SMILES string of the molecule is CC(C)COc1ccc(C(=O)O[C@@H](C)C(=O)Nc2ccc(F)c([N+](=O)[O-])c2)cc1. The van der Waals surface area contributed by atoms with Gasteiger partial charge in [0.25, 0.3) is 5.91 Å². The molecule has 9 heteroatoms. The smallest absolute Gasteiger partial charge is 0.338 e. The largest absolute Gasteiger partial charge is 0.493 e. The highest BCUT2D eigenvalue weighted by molar-refractivity contribution is 5.97. The van der Waals surface area contributed by atoms with Gasteiger partial charge < -0.3 is 14.8 Å². The third kappa shape index (κ3) is 6.27.